The van der Waals surface area contributed by atoms with E-state index in [1.807, 2.05) is 0 Å². The lowest BCUT2D eigenvalue weighted by atomic mass is 10.2. The van der Waals surface area contributed by atoms with Crippen molar-refractivity contribution in [2.45, 2.75) is 31.3 Å². The normalized spacial score (nSPS) is 25.5. The molecule has 0 heterocycles. The van der Waals surface area contributed by atoms with E-state index in [0.717, 1.165) is 19.3 Å². The van der Waals surface area contributed by atoms with Gasteiger partial charge in [0, 0.05) is 17.1 Å². The molecule has 2 atom stereocenters. The number of nitrogens with one attached hydrogen (secondary N) is 1. The molecule has 0 bridgehead atoms. The van der Waals surface area contributed by atoms with Crippen LogP contribution in [0.3, 0.4) is 0 Å². The van der Waals surface area contributed by atoms with Crippen LogP contribution in [0.4, 0.5) is 10.1 Å². The van der Waals surface area contributed by atoms with Crippen LogP contribution in [0, 0.1) is 5.82 Å². The van der Waals surface area contributed by atoms with Gasteiger partial charge in [0.25, 0.3) is 0 Å². The molecule has 1 aliphatic carbocycles. The van der Waals surface area contributed by atoms with Crippen LogP contribution in [0.5, 0.6) is 0 Å². The molecule has 2 nitrogen and oxygen atoms in total. The van der Waals surface area contributed by atoms with Crippen LogP contribution in [-0.2, 0) is 0 Å². The molecular formula is C11H14ClFN2. The molecule has 2 rings (SSSR count). The van der Waals surface area contributed by atoms with E-state index < -0.39 is 0 Å². The number of hydrogen-bond acceptors (Lipinski definition) is 2. The molecule has 0 amide bonds. The molecule has 0 saturated heterocycles. The summed E-state index contributed by atoms with van der Waals surface area (Å²) >= 11 is 5.80. The Hall–Kier alpha value is -0.800. The summed E-state index contributed by atoms with van der Waals surface area (Å²) in [5.41, 5.74) is 6.26. The Bertz CT molecular complexity index is 356. The second kappa shape index (κ2) is 4.37. The molecule has 1 aliphatic rings. The molecule has 0 aromatic heterocycles. The Kier molecular flexibility index (Phi) is 3.12. The number of nitrogens with two attached hydrogens (primary N) is 1. The van der Waals surface area contributed by atoms with Gasteiger partial charge < -0.3 is 11.1 Å². The number of benzene rings is 1. The van der Waals surface area contributed by atoms with Gasteiger partial charge in [-0.05, 0) is 37.5 Å². The lowest BCUT2D eigenvalue weighted by Gasteiger charge is -2.14. The summed E-state index contributed by atoms with van der Waals surface area (Å²) < 4.78 is 13.4. The first-order valence-electron chi connectivity index (χ1n) is 5.12. The highest BCUT2D eigenvalue weighted by Crippen LogP contribution is 2.25. The standard InChI is InChI=1S/C11H14ClFN2/c12-7-1-4-10(13)11(5-7)15-9-3-2-8(14)6-9/h1,4-5,8-9,15H,2-3,6,14H2. The van der Waals surface area contributed by atoms with E-state index in [1.54, 1.807) is 12.1 Å². The Morgan fingerprint density at radius 2 is 2.20 bits per heavy atom. The Balaban J connectivity index is 2.07. The zero-order valence-corrected chi connectivity index (χ0v) is 9.10. The minimum atomic E-state index is -0.264. The fraction of sp³-hybridized carbons (Fsp3) is 0.455. The summed E-state index contributed by atoms with van der Waals surface area (Å²) in [5, 5.41) is 3.68. The summed E-state index contributed by atoms with van der Waals surface area (Å²) in [6.07, 6.45) is 2.89. The van der Waals surface area contributed by atoms with Crippen molar-refractivity contribution in [3.8, 4) is 0 Å². The van der Waals surface area contributed by atoms with Crippen LogP contribution in [0.25, 0.3) is 0 Å². The lowest BCUT2D eigenvalue weighted by Crippen LogP contribution is -2.21. The summed E-state index contributed by atoms with van der Waals surface area (Å²) in [6, 6.07) is 5.04. The monoisotopic (exact) mass is 228 g/mol. The minimum Gasteiger partial charge on any atom is -0.380 e. The van der Waals surface area contributed by atoms with Gasteiger partial charge in [-0.25, -0.2) is 4.39 Å². The maximum absolute atomic E-state index is 13.4. The van der Waals surface area contributed by atoms with Gasteiger partial charge in [0.05, 0.1) is 5.69 Å². The van der Waals surface area contributed by atoms with Crippen LogP contribution in [-0.4, -0.2) is 12.1 Å². The van der Waals surface area contributed by atoms with Gasteiger partial charge in [0.15, 0.2) is 0 Å². The molecular weight excluding hydrogens is 215 g/mol. The third-order valence-electron chi connectivity index (χ3n) is 2.76. The van der Waals surface area contributed by atoms with Crippen molar-refractivity contribution in [1.82, 2.24) is 0 Å². The zero-order valence-electron chi connectivity index (χ0n) is 8.34. The molecule has 1 aromatic rings. The Morgan fingerprint density at radius 1 is 1.40 bits per heavy atom. The molecule has 1 fully saturated rings. The number of anilines is 1. The van der Waals surface area contributed by atoms with Crippen LogP contribution < -0.4 is 11.1 Å². The number of halogens is 2. The van der Waals surface area contributed by atoms with E-state index in [1.165, 1.54) is 6.07 Å². The van der Waals surface area contributed by atoms with Crippen molar-refractivity contribution in [1.29, 1.82) is 0 Å². The van der Waals surface area contributed by atoms with E-state index in [0.29, 0.717) is 10.7 Å². The molecule has 0 spiro atoms. The number of rotatable bonds is 2. The van der Waals surface area contributed by atoms with Crippen molar-refractivity contribution in [2.24, 2.45) is 5.73 Å². The minimum absolute atomic E-state index is 0.241. The van der Waals surface area contributed by atoms with Gasteiger partial charge in [0.1, 0.15) is 5.82 Å². The fourth-order valence-corrected chi connectivity index (χ4v) is 2.15. The third kappa shape index (κ3) is 2.61. The molecule has 2 unspecified atom stereocenters. The number of hydrogen-bond donors (Lipinski definition) is 2. The van der Waals surface area contributed by atoms with Crippen molar-refractivity contribution in [3.63, 3.8) is 0 Å². The van der Waals surface area contributed by atoms with Gasteiger partial charge in [-0.2, -0.15) is 0 Å². The first-order valence-corrected chi connectivity index (χ1v) is 5.50. The van der Waals surface area contributed by atoms with Gasteiger partial charge in [0.2, 0.25) is 0 Å². The van der Waals surface area contributed by atoms with Crippen molar-refractivity contribution >= 4 is 17.3 Å². The predicted molar refractivity (Wildman–Crippen MR) is 60.6 cm³/mol. The first-order chi connectivity index (χ1) is 7.15. The average Bonchev–Trinajstić information content (AvgIpc) is 2.58. The predicted octanol–water partition coefficient (Wildman–Crippen LogP) is 2.77. The van der Waals surface area contributed by atoms with E-state index in [2.05, 4.69) is 5.32 Å². The summed E-state index contributed by atoms with van der Waals surface area (Å²) in [7, 11) is 0. The summed E-state index contributed by atoms with van der Waals surface area (Å²) in [5.74, 6) is -0.264. The smallest absolute Gasteiger partial charge is 0.146 e. The van der Waals surface area contributed by atoms with E-state index in [-0.39, 0.29) is 17.9 Å². The van der Waals surface area contributed by atoms with Crippen molar-refractivity contribution < 1.29 is 4.39 Å². The van der Waals surface area contributed by atoms with E-state index >= 15 is 0 Å². The van der Waals surface area contributed by atoms with Crippen LogP contribution in [0.1, 0.15) is 19.3 Å². The van der Waals surface area contributed by atoms with Crippen LogP contribution in [0.2, 0.25) is 5.02 Å². The fourth-order valence-electron chi connectivity index (χ4n) is 1.98. The summed E-state index contributed by atoms with van der Waals surface area (Å²) in [4.78, 5) is 0. The highest BCUT2D eigenvalue weighted by atomic mass is 35.5. The molecule has 15 heavy (non-hydrogen) atoms. The molecule has 0 aliphatic heterocycles. The lowest BCUT2D eigenvalue weighted by molar-refractivity contribution is 0.622. The quantitative estimate of drug-likeness (QED) is 0.817. The van der Waals surface area contributed by atoms with Crippen molar-refractivity contribution in [3.05, 3.63) is 29.0 Å². The first kappa shape index (κ1) is 10.7. The topological polar surface area (TPSA) is 38.0 Å². The van der Waals surface area contributed by atoms with Crippen molar-refractivity contribution in [2.75, 3.05) is 5.32 Å². The average molecular weight is 229 g/mol. The second-order valence-corrected chi connectivity index (χ2v) is 4.47. The van der Waals surface area contributed by atoms with Gasteiger partial charge >= 0.3 is 0 Å². The third-order valence-corrected chi connectivity index (χ3v) is 3.00. The van der Waals surface area contributed by atoms with Gasteiger partial charge in [-0.15, -0.1) is 0 Å². The van der Waals surface area contributed by atoms with Crippen LogP contribution >= 0.6 is 11.6 Å². The molecule has 82 valence electrons. The second-order valence-electron chi connectivity index (χ2n) is 4.04. The van der Waals surface area contributed by atoms with Gasteiger partial charge in [-0.3, -0.25) is 0 Å². The van der Waals surface area contributed by atoms with Gasteiger partial charge in [-0.1, -0.05) is 11.6 Å². The molecule has 3 N–H and O–H groups in total. The Morgan fingerprint density at radius 3 is 2.87 bits per heavy atom. The molecule has 0 radical (unpaired) electrons. The molecule has 1 saturated carbocycles. The highest BCUT2D eigenvalue weighted by molar-refractivity contribution is 6.30. The van der Waals surface area contributed by atoms with Crippen LogP contribution in [0.15, 0.2) is 18.2 Å². The van der Waals surface area contributed by atoms with E-state index in [4.69, 9.17) is 17.3 Å². The van der Waals surface area contributed by atoms with E-state index in [9.17, 15) is 4.39 Å². The maximum atomic E-state index is 13.4. The Labute approximate surface area is 93.6 Å². The maximum Gasteiger partial charge on any atom is 0.146 e. The molecule has 1 aromatic carbocycles. The zero-order chi connectivity index (χ0) is 10.8. The SMILES string of the molecule is NC1CCC(Nc2cc(Cl)ccc2F)C1. The largest absolute Gasteiger partial charge is 0.380 e. The summed E-state index contributed by atoms with van der Waals surface area (Å²) in [6.45, 7) is 0. The highest BCUT2D eigenvalue weighted by Gasteiger charge is 2.22. The molecule has 4 heteroatoms.